The zero-order valence-corrected chi connectivity index (χ0v) is 11.4. The predicted octanol–water partition coefficient (Wildman–Crippen LogP) is -0.108. The first kappa shape index (κ1) is 14.5. The van der Waals surface area contributed by atoms with E-state index in [-0.39, 0.29) is 12.3 Å². The van der Waals surface area contributed by atoms with E-state index in [1.807, 2.05) is 17.2 Å². The minimum atomic E-state index is -0.775. The summed E-state index contributed by atoms with van der Waals surface area (Å²) in [6.07, 6.45) is 4.16. The Kier molecular flexibility index (Phi) is 5.11. The highest BCUT2D eigenvalue weighted by atomic mass is 16.4. The molecule has 2 heterocycles. The number of carbonyl (C=O) groups is 2. The van der Waals surface area contributed by atoms with Crippen molar-refractivity contribution in [2.24, 2.45) is 0 Å². The van der Waals surface area contributed by atoms with Crippen molar-refractivity contribution in [3.05, 3.63) is 18.5 Å². The number of rotatable bonds is 6. The number of aromatic nitrogens is 2. The first-order valence-corrected chi connectivity index (χ1v) is 6.84. The Labute approximate surface area is 117 Å². The lowest BCUT2D eigenvalue weighted by atomic mass is 10.2. The fraction of sp³-hybridized carbons (Fsp3) is 0.615. The average molecular weight is 280 g/mol. The molecule has 7 heteroatoms. The number of amides is 1. The summed E-state index contributed by atoms with van der Waals surface area (Å²) in [7, 11) is 0. The summed E-state index contributed by atoms with van der Waals surface area (Å²) in [6.45, 7) is 4.02. The third-order valence-corrected chi connectivity index (χ3v) is 3.48. The minimum absolute atomic E-state index is 0.137. The number of hydrogen-bond donors (Lipinski definition) is 1. The molecule has 0 atom stereocenters. The van der Waals surface area contributed by atoms with Crippen LogP contribution >= 0.6 is 0 Å². The molecule has 1 aliphatic rings. The third-order valence-electron chi connectivity index (χ3n) is 3.48. The molecule has 0 aromatic carbocycles. The molecule has 0 spiro atoms. The van der Waals surface area contributed by atoms with Crippen molar-refractivity contribution >= 4 is 11.9 Å². The van der Waals surface area contributed by atoms with Crippen LogP contribution in [-0.2, 0) is 16.1 Å². The molecular formula is C13H20N4O3. The Morgan fingerprint density at radius 3 is 2.45 bits per heavy atom. The molecule has 0 saturated carbocycles. The maximum absolute atomic E-state index is 12.0. The quantitative estimate of drug-likeness (QED) is 0.786. The van der Waals surface area contributed by atoms with Crippen LogP contribution in [0.15, 0.2) is 18.5 Å². The van der Waals surface area contributed by atoms with E-state index in [4.69, 9.17) is 5.11 Å². The maximum Gasteiger partial charge on any atom is 0.304 e. The summed E-state index contributed by atoms with van der Waals surface area (Å²) in [4.78, 5) is 26.5. The number of piperazine rings is 1. The van der Waals surface area contributed by atoms with Gasteiger partial charge in [0.25, 0.3) is 0 Å². The van der Waals surface area contributed by atoms with E-state index in [0.717, 1.165) is 13.1 Å². The summed E-state index contributed by atoms with van der Waals surface area (Å²) in [6, 6.07) is 1.84. The minimum Gasteiger partial charge on any atom is -0.481 e. The second-order valence-corrected chi connectivity index (χ2v) is 4.89. The van der Waals surface area contributed by atoms with Crippen LogP contribution in [-0.4, -0.2) is 69.3 Å². The van der Waals surface area contributed by atoms with Crippen LogP contribution in [0.25, 0.3) is 0 Å². The molecule has 110 valence electrons. The summed E-state index contributed by atoms with van der Waals surface area (Å²) < 4.78 is 1.75. The van der Waals surface area contributed by atoms with Crippen molar-refractivity contribution in [3.63, 3.8) is 0 Å². The first-order chi connectivity index (χ1) is 9.65. The molecule has 0 bridgehead atoms. The van der Waals surface area contributed by atoms with Gasteiger partial charge in [-0.2, -0.15) is 5.10 Å². The van der Waals surface area contributed by atoms with Gasteiger partial charge in [0.1, 0.15) is 0 Å². The topological polar surface area (TPSA) is 78.7 Å². The highest BCUT2D eigenvalue weighted by Crippen LogP contribution is 2.05. The second kappa shape index (κ2) is 7.04. The van der Waals surface area contributed by atoms with Gasteiger partial charge < -0.3 is 10.0 Å². The van der Waals surface area contributed by atoms with Crippen molar-refractivity contribution in [2.75, 3.05) is 32.7 Å². The van der Waals surface area contributed by atoms with E-state index >= 15 is 0 Å². The van der Waals surface area contributed by atoms with E-state index in [0.29, 0.717) is 32.6 Å². The standard InChI is InChI=1S/C13H20N4O3/c18-12(2-7-17-5-1-4-14-17)16-10-8-15(9-11-16)6-3-13(19)20/h1,4-5H,2-3,6-11H2,(H,19,20). The van der Waals surface area contributed by atoms with Gasteiger partial charge in [0, 0.05) is 58.1 Å². The van der Waals surface area contributed by atoms with Crippen LogP contribution in [0.4, 0.5) is 0 Å². The van der Waals surface area contributed by atoms with Crippen LogP contribution in [0, 0.1) is 0 Å². The summed E-state index contributed by atoms with van der Waals surface area (Å²) in [5.74, 6) is -0.638. The van der Waals surface area contributed by atoms with Crippen molar-refractivity contribution in [2.45, 2.75) is 19.4 Å². The highest BCUT2D eigenvalue weighted by Gasteiger charge is 2.20. The predicted molar refractivity (Wildman–Crippen MR) is 72.1 cm³/mol. The Morgan fingerprint density at radius 1 is 1.10 bits per heavy atom. The van der Waals surface area contributed by atoms with E-state index < -0.39 is 5.97 Å². The van der Waals surface area contributed by atoms with E-state index in [1.54, 1.807) is 10.9 Å². The molecule has 1 saturated heterocycles. The normalized spacial score (nSPS) is 16.3. The van der Waals surface area contributed by atoms with Crippen LogP contribution in [0.5, 0.6) is 0 Å². The third kappa shape index (κ3) is 4.34. The molecule has 0 aliphatic carbocycles. The smallest absolute Gasteiger partial charge is 0.304 e. The molecule has 2 rings (SSSR count). The fourth-order valence-corrected chi connectivity index (χ4v) is 2.28. The molecular weight excluding hydrogens is 260 g/mol. The number of carbonyl (C=O) groups excluding carboxylic acids is 1. The molecule has 1 aromatic heterocycles. The summed E-state index contributed by atoms with van der Waals surface area (Å²) in [5.41, 5.74) is 0. The van der Waals surface area contributed by atoms with Gasteiger partial charge in [-0.15, -0.1) is 0 Å². The molecule has 1 fully saturated rings. The molecule has 20 heavy (non-hydrogen) atoms. The van der Waals surface area contributed by atoms with E-state index in [2.05, 4.69) is 10.00 Å². The van der Waals surface area contributed by atoms with Gasteiger partial charge in [0.15, 0.2) is 0 Å². The van der Waals surface area contributed by atoms with Gasteiger partial charge in [-0.05, 0) is 6.07 Å². The maximum atomic E-state index is 12.0. The Hall–Kier alpha value is -1.89. The van der Waals surface area contributed by atoms with Gasteiger partial charge in [0.05, 0.1) is 6.42 Å². The van der Waals surface area contributed by atoms with Crippen LogP contribution < -0.4 is 0 Å². The summed E-state index contributed by atoms with van der Waals surface area (Å²) >= 11 is 0. The fourth-order valence-electron chi connectivity index (χ4n) is 2.28. The SMILES string of the molecule is O=C(O)CCN1CCN(C(=O)CCn2cccn2)CC1. The Balaban J connectivity index is 1.67. The highest BCUT2D eigenvalue weighted by molar-refractivity contribution is 5.76. The van der Waals surface area contributed by atoms with Crippen molar-refractivity contribution < 1.29 is 14.7 Å². The van der Waals surface area contributed by atoms with Gasteiger partial charge >= 0.3 is 5.97 Å². The Bertz CT molecular complexity index is 438. The molecule has 0 radical (unpaired) electrons. The number of carboxylic acid groups (broad SMARTS) is 1. The Morgan fingerprint density at radius 2 is 1.85 bits per heavy atom. The lowest BCUT2D eigenvalue weighted by Crippen LogP contribution is -2.49. The largest absolute Gasteiger partial charge is 0.481 e. The monoisotopic (exact) mass is 280 g/mol. The lowest BCUT2D eigenvalue weighted by molar-refractivity contribution is -0.138. The molecule has 1 aliphatic heterocycles. The average Bonchev–Trinajstić information content (AvgIpc) is 2.96. The summed E-state index contributed by atoms with van der Waals surface area (Å²) in [5, 5.41) is 12.7. The zero-order chi connectivity index (χ0) is 14.4. The number of aryl methyl sites for hydroxylation is 1. The lowest BCUT2D eigenvalue weighted by Gasteiger charge is -2.34. The van der Waals surface area contributed by atoms with Crippen molar-refractivity contribution in [1.29, 1.82) is 0 Å². The van der Waals surface area contributed by atoms with Gasteiger partial charge in [0.2, 0.25) is 5.91 Å². The molecule has 1 amide bonds. The van der Waals surface area contributed by atoms with Gasteiger partial charge in [-0.25, -0.2) is 0 Å². The van der Waals surface area contributed by atoms with E-state index in [9.17, 15) is 9.59 Å². The zero-order valence-electron chi connectivity index (χ0n) is 11.4. The van der Waals surface area contributed by atoms with Gasteiger partial charge in [-0.3, -0.25) is 19.2 Å². The van der Waals surface area contributed by atoms with Crippen molar-refractivity contribution in [3.8, 4) is 0 Å². The van der Waals surface area contributed by atoms with Crippen LogP contribution in [0.1, 0.15) is 12.8 Å². The number of carboxylic acids is 1. The molecule has 7 nitrogen and oxygen atoms in total. The van der Waals surface area contributed by atoms with Crippen LogP contribution in [0.2, 0.25) is 0 Å². The van der Waals surface area contributed by atoms with Crippen LogP contribution in [0.3, 0.4) is 0 Å². The molecule has 1 N–H and O–H groups in total. The van der Waals surface area contributed by atoms with Crippen molar-refractivity contribution in [1.82, 2.24) is 19.6 Å². The number of nitrogens with zero attached hydrogens (tertiary/aromatic N) is 4. The number of hydrogen-bond acceptors (Lipinski definition) is 4. The second-order valence-electron chi connectivity index (χ2n) is 4.89. The molecule has 0 unspecified atom stereocenters. The first-order valence-electron chi connectivity index (χ1n) is 6.84. The van der Waals surface area contributed by atoms with Gasteiger partial charge in [-0.1, -0.05) is 0 Å². The number of aliphatic carboxylic acids is 1. The molecule has 1 aromatic rings. The van der Waals surface area contributed by atoms with E-state index in [1.165, 1.54) is 0 Å².